The first-order valence-electron chi connectivity index (χ1n) is 5.50. The number of benzene rings is 1. The molecule has 0 saturated carbocycles. The minimum Gasteiger partial charge on any atom is -0.478 e. The van der Waals surface area contributed by atoms with E-state index >= 15 is 0 Å². The van der Waals surface area contributed by atoms with E-state index in [2.05, 4.69) is 11.9 Å². The quantitative estimate of drug-likeness (QED) is 0.876. The van der Waals surface area contributed by atoms with Crippen LogP contribution in [0.3, 0.4) is 0 Å². The minimum atomic E-state index is -0.951. The summed E-state index contributed by atoms with van der Waals surface area (Å²) in [4.78, 5) is 15.2. The van der Waals surface area contributed by atoms with Gasteiger partial charge in [-0.3, -0.25) is 4.98 Å². The number of aromatic carboxylic acids is 1. The van der Waals surface area contributed by atoms with Crippen molar-refractivity contribution >= 4 is 5.97 Å². The lowest BCUT2D eigenvalue weighted by Crippen LogP contribution is -2.01. The van der Waals surface area contributed by atoms with E-state index in [-0.39, 0.29) is 5.56 Å². The Bertz CT molecular complexity index is 532. The first kappa shape index (κ1) is 11.3. The van der Waals surface area contributed by atoms with Crippen LogP contribution >= 0.6 is 0 Å². The van der Waals surface area contributed by atoms with Gasteiger partial charge in [-0.25, -0.2) is 4.79 Å². The Kier molecular flexibility index (Phi) is 3.19. The number of aromatic nitrogens is 1. The fraction of sp³-hybridized carbons (Fsp3) is 0.143. The lowest BCUT2D eigenvalue weighted by molar-refractivity contribution is 0.0697. The van der Waals surface area contributed by atoms with Crippen LogP contribution in [0.15, 0.2) is 42.6 Å². The normalized spacial score (nSPS) is 10.2. The van der Waals surface area contributed by atoms with E-state index in [1.807, 2.05) is 24.3 Å². The molecule has 0 aliphatic carbocycles. The van der Waals surface area contributed by atoms with Crippen LogP contribution < -0.4 is 0 Å². The summed E-state index contributed by atoms with van der Waals surface area (Å²) in [5.74, 6) is -0.951. The molecule has 0 amide bonds. The highest BCUT2D eigenvalue weighted by Crippen LogP contribution is 2.21. The molecule has 2 rings (SSSR count). The lowest BCUT2D eigenvalue weighted by Gasteiger charge is -2.05. The molecule has 1 aromatic heterocycles. The molecule has 0 aliphatic heterocycles. The van der Waals surface area contributed by atoms with Crippen molar-refractivity contribution in [2.24, 2.45) is 0 Å². The molecule has 17 heavy (non-hydrogen) atoms. The minimum absolute atomic E-state index is 0.233. The number of carboxylic acid groups (broad SMARTS) is 1. The Morgan fingerprint density at radius 1 is 1.24 bits per heavy atom. The van der Waals surface area contributed by atoms with Crippen LogP contribution in [0.1, 0.15) is 22.8 Å². The second-order valence-electron chi connectivity index (χ2n) is 3.76. The van der Waals surface area contributed by atoms with E-state index in [9.17, 15) is 4.79 Å². The molecule has 0 aliphatic rings. The standard InChI is InChI=1S/C14H13NO2/c1-2-10-5-7-11(8-6-10)13-12(14(16)17)4-3-9-15-13/h3-9H,2H2,1H3,(H,16,17). The zero-order valence-corrected chi connectivity index (χ0v) is 9.55. The van der Waals surface area contributed by atoms with Gasteiger partial charge in [0.1, 0.15) is 0 Å². The highest BCUT2D eigenvalue weighted by molar-refractivity contribution is 5.94. The first-order chi connectivity index (χ1) is 8.22. The topological polar surface area (TPSA) is 50.2 Å². The summed E-state index contributed by atoms with van der Waals surface area (Å²) in [6.07, 6.45) is 2.57. The molecule has 0 bridgehead atoms. The number of aryl methyl sites for hydroxylation is 1. The molecule has 1 heterocycles. The van der Waals surface area contributed by atoms with Gasteiger partial charge in [0.25, 0.3) is 0 Å². The van der Waals surface area contributed by atoms with E-state index in [0.717, 1.165) is 12.0 Å². The maximum atomic E-state index is 11.1. The summed E-state index contributed by atoms with van der Waals surface area (Å²) >= 11 is 0. The van der Waals surface area contributed by atoms with Gasteiger partial charge in [0.15, 0.2) is 0 Å². The SMILES string of the molecule is CCc1ccc(-c2ncccc2C(=O)O)cc1. The van der Waals surface area contributed by atoms with Gasteiger partial charge in [-0.1, -0.05) is 31.2 Å². The Balaban J connectivity index is 2.48. The fourth-order valence-electron chi connectivity index (χ4n) is 1.71. The zero-order chi connectivity index (χ0) is 12.3. The first-order valence-corrected chi connectivity index (χ1v) is 5.50. The van der Waals surface area contributed by atoms with Crippen LogP contribution in [-0.2, 0) is 6.42 Å². The van der Waals surface area contributed by atoms with Gasteiger partial charge in [0, 0.05) is 11.8 Å². The van der Waals surface area contributed by atoms with Crippen LogP contribution in [0.5, 0.6) is 0 Å². The summed E-state index contributed by atoms with van der Waals surface area (Å²) < 4.78 is 0. The van der Waals surface area contributed by atoms with Crippen molar-refractivity contribution in [2.75, 3.05) is 0 Å². The van der Waals surface area contributed by atoms with Crippen molar-refractivity contribution in [1.82, 2.24) is 4.98 Å². The third-order valence-corrected chi connectivity index (χ3v) is 2.67. The predicted octanol–water partition coefficient (Wildman–Crippen LogP) is 3.01. The van der Waals surface area contributed by atoms with E-state index in [4.69, 9.17) is 5.11 Å². The maximum absolute atomic E-state index is 11.1. The molecule has 0 unspecified atom stereocenters. The molecular weight excluding hydrogens is 214 g/mol. The van der Waals surface area contributed by atoms with Crippen molar-refractivity contribution in [3.05, 3.63) is 53.7 Å². The monoisotopic (exact) mass is 227 g/mol. The number of hydrogen-bond donors (Lipinski definition) is 1. The van der Waals surface area contributed by atoms with Crippen LogP contribution in [0.2, 0.25) is 0 Å². The van der Waals surface area contributed by atoms with Crippen LogP contribution in [-0.4, -0.2) is 16.1 Å². The number of carboxylic acids is 1. The summed E-state index contributed by atoms with van der Waals surface area (Å²) in [5.41, 5.74) is 2.81. The highest BCUT2D eigenvalue weighted by Gasteiger charge is 2.11. The molecule has 2 aromatic rings. The van der Waals surface area contributed by atoms with Gasteiger partial charge in [-0.15, -0.1) is 0 Å². The fourth-order valence-corrected chi connectivity index (χ4v) is 1.71. The van der Waals surface area contributed by atoms with Gasteiger partial charge < -0.3 is 5.11 Å². The van der Waals surface area contributed by atoms with Crippen molar-refractivity contribution in [2.45, 2.75) is 13.3 Å². The van der Waals surface area contributed by atoms with Gasteiger partial charge in [-0.2, -0.15) is 0 Å². The summed E-state index contributed by atoms with van der Waals surface area (Å²) in [7, 11) is 0. The second kappa shape index (κ2) is 4.78. The van der Waals surface area contributed by atoms with Crippen molar-refractivity contribution < 1.29 is 9.90 Å². The third-order valence-electron chi connectivity index (χ3n) is 2.67. The molecule has 1 aromatic carbocycles. The Labute approximate surface area is 99.8 Å². The molecule has 86 valence electrons. The van der Waals surface area contributed by atoms with Gasteiger partial charge in [-0.05, 0) is 24.1 Å². The summed E-state index contributed by atoms with van der Waals surface area (Å²) in [6.45, 7) is 2.08. The van der Waals surface area contributed by atoms with E-state index in [1.165, 1.54) is 5.56 Å². The largest absolute Gasteiger partial charge is 0.478 e. The molecule has 1 N–H and O–H groups in total. The molecule has 0 fully saturated rings. The third kappa shape index (κ3) is 2.33. The van der Waals surface area contributed by atoms with E-state index in [0.29, 0.717) is 5.69 Å². The van der Waals surface area contributed by atoms with E-state index < -0.39 is 5.97 Å². The number of rotatable bonds is 3. The molecule has 0 radical (unpaired) electrons. The van der Waals surface area contributed by atoms with Crippen molar-refractivity contribution in [3.63, 3.8) is 0 Å². The Morgan fingerprint density at radius 2 is 1.94 bits per heavy atom. The molecule has 0 spiro atoms. The number of carbonyl (C=O) groups is 1. The molecule has 3 nitrogen and oxygen atoms in total. The van der Waals surface area contributed by atoms with Crippen molar-refractivity contribution in [1.29, 1.82) is 0 Å². The number of nitrogens with zero attached hydrogens (tertiary/aromatic N) is 1. The van der Waals surface area contributed by atoms with Crippen molar-refractivity contribution in [3.8, 4) is 11.3 Å². The Hall–Kier alpha value is -2.16. The molecule has 0 saturated heterocycles. The van der Waals surface area contributed by atoms with Crippen LogP contribution in [0.25, 0.3) is 11.3 Å². The smallest absolute Gasteiger partial charge is 0.337 e. The lowest BCUT2D eigenvalue weighted by atomic mass is 10.0. The summed E-state index contributed by atoms with van der Waals surface area (Å²) in [6, 6.07) is 11.0. The van der Waals surface area contributed by atoms with Gasteiger partial charge in [0.05, 0.1) is 11.3 Å². The van der Waals surface area contributed by atoms with Crippen LogP contribution in [0, 0.1) is 0 Å². The highest BCUT2D eigenvalue weighted by atomic mass is 16.4. The Morgan fingerprint density at radius 3 is 2.53 bits per heavy atom. The number of hydrogen-bond acceptors (Lipinski definition) is 2. The summed E-state index contributed by atoms with van der Waals surface area (Å²) in [5, 5.41) is 9.09. The van der Waals surface area contributed by atoms with Gasteiger partial charge in [0.2, 0.25) is 0 Å². The zero-order valence-electron chi connectivity index (χ0n) is 9.55. The maximum Gasteiger partial charge on any atom is 0.337 e. The molecule has 0 atom stereocenters. The average molecular weight is 227 g/mol. The molecular formula is C14H13NO2. The molecule has 3 heteroatoms. The van der Waals surface area contributed by atoms with Gasteiger partial charge >= 0.3 is 5.97 Å². The second-order valence-corrected chi connectivity index (χ2v) is 3.76. The van der Waals surface area contributed by atoms with E-state index in [1.54, 1.807) is 18.3 Å². The average Bonchev–Trinajstić information content (AvgIpc) is 2.39. The predicted molar refractivity (Wildman–Crippen MR) is 66.0 cm³/mol. The number of pyridine rings is 1. The van der Waals surface area contributed by atoms with Crippen LogP contribution in [0.4, 0.5) is 0 Å².